The fourth-order valence-electron chi connectivity index (χ4n) is 2.55. The number of rotatable bonds is 4. The number of carbonyl (C=O) groups is 2. The highest BCUT2D eigenvalue weighted by molar-refractivity contribution is 7.16. The Kier molecular flexibility index (Phi) is 5.05. The first-order chi connectivity index (χ1) is 9.47. The molecule has 0 radical (unpaired) electrons. The van der Waals surface area contributed by atoms with Gasteiger partial charge in [0.15, 0.2) is 0 Å². The van der Waals surface area contributed by atoms with Gasteiger partial charge in [-0.1, -0.05) is 11.6 Å². The summed E-state index contributed by atoms with van der Waals surface area (Å²) in [6, 6.07) is 3.98. The molecule has 1 aliphatic rings. The summed E-state index contributed by atoms with van der Waals surface area (Å²) in [5.74, 6) is -0.418. The number of piperidine rings is 1. The Morgan fingerprint density at radius 1 is 1.45 bits per heavy atom. The zero-order valence-corrected chi connectivity index (χ0v) is 13.0. The van der Waals surface area contributed by atoms with Crippen LogP contribution in [0.2, 0.25) is 4.34 Å². The van der Waals surface area contributed by atoms with E-state index < -0.39 is 0 Å². The number of hydrogen-bond acceptors (Lipinski definition) is 3. The molecule has 6 heteroatoms. The Morgan fingerprint density at radius 3 is 2.80 bits per heavy atom. The minimum atomic E-state index is -0.306. The van der Waals surface area contributed by atoms with Crippen LogP contribution < -0.4 is 5.73 Å². The average molecular weight is 315 g/mol. The van der Waals surface area contributed by atoms with Crippen molar-refractivity contribution in [1.29, 1.82) is 0 Å². The molecule has 2 rings (SSSR count). The van der Waals surface area contributed by atoms with Gasteiger partial charge in [-0.05, 0) is 38.3 Å². The van der Waals surface area contributed by atoms with Crippen molar-refractivity contribution in [3.05, 3.63) is 21.3 Å². The lowest BCUT2D eigenvalue weighted by atomic mass is 9.92. The van der Waals surface area contributed by atoms with Crippen LogP contribution >= 0.6 is 22.9 Å². The zero-order valence-electron chi connectivity index (χ0n) is 11.5. The number of nitrogens with zero attached hydrogens (tertiary/aromatic N) is 1. The Bertz CT molecular complexity index is 503. The minimum absolute atomic E-state index is 0.0907. The van der Waals surface area contributed by atoms with E-state index in [0.717, 1.165) is 22.1 Å². The van der Waals surface area contributed by atoms with E-state index in [1.807, 2.05) is 19.1 Å². The summed E-state index contributed by atoms with van der Waals surface area (Å²) in [7, 11) is 0. The summed E-state index contributed by atoms with van der Waals surface area (Å²) in [4.78, 5) is 26.5. The number of likely N-dealkylation sites (tertiary alicyclic amines) is 1. The topological polar surface area (TPSA) is 63.4 Å². The highest BCUT2D eigenvalue weighted by atomic mass is 35.5. The number of halogens is 1. The Balaban J connectivity index is 1.91. The number of hydrogen-bond donors (Lipinski definition) is 1. The van der Waals surface area contributed by atoms with Gasteiger partial charge < -0.3 is 10.6 Å². The van der Waals surface area contributed by atoms with Crippen LogP contribution in [-0.4, -0.2) is 29.3 Å². The van der Waals surface area contributed by atoms with Gasteiger partial charge in [-0.2, -0.15) is 0 Å². The van der Waals surface area contributed by atoms with Crippen molar-refractivity contribution in [2.24, 2.45) is 11.7 Å². The fourth-order valence-corrected chi connectivity index (χ4v) is 3.63. The van der Waals surface area contributed by atoms with Gasteiger partial charge in [0.05, 0.1) is 10.3 Å². The van der Waals surface area contributed by atoms with E-state index in [0.29, 0.717) is 19.4 Å². The van der Waals surface area contributed by atoms with Gasteiger partial charge in [-0.25, -0.2) is 0 Å². The molecule has 2 N–H and O–H groups in total. The molecule has 2 heterocycles. The summed E-state index contributed by atoms with van der Waals surface area (Å²) < 4.78 is 0.743. The highest BCUT2D eigenvalue weighted by Gasteiger charge is 2.31. The molecule has 0 spiro atoms. The van der Waals surface area contributed by atoms with Crippen molar-refractivity contribution < 1.29 is 9.59 Å². The standard InChI is InChI=1S/C14H19ClN2O2S/c1-9-2-3-10(14(16)19)8-17(9)13(18)7-5-11-4-6-12(15)20-11/h4,6,9-10H,2-3,5,7-8H2,1H3,(H2,16,19). The van der Waals surface area contributed by atoms with Crippen molar-refractivity contribution in [2.45, 2.75) is 38.6 Å². The van der Waals surface area contributed by atoms with Gasteiger partial charge in [-0.3, -0.25) is 9.59 Å². The number of primary amides is 1. The second-order valence-corrected chi connectivity index (χ2v) is 7.08. The molecule has 1 fully saturated rings. The predicted octanol–water partition coefficient (Wildman–Crippen LogP) is 2.45. The molecular formula is C14H19ClN2O2S. The van der Waals surface area contributed by atoms with Crippen LogP contribution in [0.15, 0.2) is 12.1 Å². The van der Waals surface area contributed by atoms with Crippen LogP contribution in [0.1, 0.15) is 31.1 Å². The largest absolute Gasteiger partial charge is 0.369 e. The molecule has 4 nitrogen and oxygen atoms in total. The summed E-state index contributed by atoms with van der Waals surface area (Å²) in [5, 5.41) is 0. The molecule has 0 aromatic carbocycles. The molecule has 2 amide bonds. The minimum Gasteiger partial charge on any atom is -0.369 e. The smallest absolute Gasteiger partial charge is 0.223 e. The molecule has 0 saturated carbocycles. The molecule has 2 atom stereocenters. The summed E-state index contributed by atoms with van der Waals surface area (Å²) in [5.41, 5.74) is 5.35. The number of aryl methyl sites for hydroxylation is 1. The first kappa shape index (κ1) is 15.3. The lowest BCUT2D eigenvalue weighted by Gasteiger charge is -2.37. The molecule has 2 unspecified atom stereocenters. The average Bonchev–Trinajstić information content (AvgIpc) is 2.82. The Labute approximate surface area is 127 Å². The zero-order chi connectivity index (χ0) is 14.7. The molecule has 20 heavy (non-hydrogen) atoms. The van der Waals surface area contributed by atoms with Crippen LogP contribution in [0.3, 0.4) is 0 Å². The predicted molar refractivity (Wildman–Crippen MR) is 80.7 cm³/mol. The molecule has 0 bridgehead atoms. The molecular weight excluding hydrogens is 296 g/mol. The second kappa shape index (κ2) is 6.59. The van der Waals surface area contributed by atoms with Crippen molar-refractivity contribution >= 4 is 34.8 Å². The molecule has 1 aromatic heterocycles. The van der Waals surface area contributed by atoms with E-state index in [9.17, 15) is 9.59 Å². The quantitative estimate of drug-likeness (QED) is 0.927. The number of amides is 2. The maximum absolute atomic E-state index is 12.3. The number of thiophene rings is 1. The molecule has 1 aromatic rings. The van der Waals surface area contributed by atoms with Crippen LogP contribution in [0, 0.1) is 5.92 Å². The van der Waals surface area contributed by atoms with Gasteiger partial charge in [-0.15, -0.1) is 11.3 Å². The van der Waals surface area contributed by atoms with Crippen LogP contribution in [-0.2, 0) is 16.0 Å². The lowest BCUT2D eigenvalue weighted by molar-refractivity contribution is -0.137. The molecule has 110 valence electrons. The van der Waals surface area contributed by atoms with E-state index in [-0.39, 0.29) is 23.8 Å². The highest BCUT2D eigenvalue weighted by Crippen LogP contribution is 2.25. The van der Waals surface area contributed by atoms with Gasteiger partial charge in [0.1, 0.15) is 0 Å². The van der Waals surface area contributed by atoms with Crippen molar-refractivity contribution in [1.82, 2.24) is 4.90 Å². The second-order valence-electron chi connectivity index (χ2n) is 5.28. The molecule has 1 aliphatic heterocycles. The Hall–Kier alpha value is -1.07. The van der Waals surface area contributed by atoms with Crippen LogP contribution in [0.5, 0.6) is 0 Å². The van der Waals surface area contributed by atoms with E-state index in [2.05, 4.69) is 0 Å². The van der Waals surface area contributed by atoms with E-state index in [4.69, 9.17) is 17.3 Å². The third-order valence-electron chi connectivity index (χ3n) is 3.82. The third kappa shape index (κ3) is 3.73. The maximum Gasteiger partial charge on any atom is 0.223 e. The van der Waals surface area contributed by atoms with E-state index in [1.165, 1.54) is 11.3 Å². The summed E-state index contributed by atoms with van der Waals surface area (Å²) in [6.45, 7) is 2.48. The molecule has 1 saturated heterocycles. The van der Waals surface area contributed by atoms with Crippen LogP contribution in [0.4, 0.5) is 0 Å². The van der Waals surface area contributed by atoms with Gasteiger partial charge in [0, 0.05) is 23.9 Å². The summed E-state index contributed by atoms with van der Waals surface area (Å²) in [6.07, 6.45) is 2.76. The van der Waals surface area contributed by atoms with Crippen molar-refractivity contribution in [3.63, 3.8) is 0 Å². The fraction of sp³-hybridized carbons (Fsp3) is 0.571. The molecule has 0 aliphatic carbocycles. The monoisotopic (exact) mass is 314 g/mol. The normalized spacial score (nSPS) is 22.8. The van der Waals surface area contributed by atoms with Crippen molar-refractivity contribution in [2.75, 3.05) is 6.54 Å². The SMILES string of the molecule is CC1CCC(C(N)=O)CN1C(=O)CCc1ccc(Cl)s1. The third-order valence-corrected chi connectivity index (χ3v) is 5.11. The van der Waals surface area contributed by atoms with E-state index in [1.54, 1.807) is 4.90 Å². The maximum atomic E-state index is 12.3. The van der Waals surface area contributed by atoms with E-state index >= 15 is 0 Å². The first-order valence-electron chi connectivity index (χ1n) is 6.80. The number of carbonyl (C=O) groups excluding carboxylic acids is 2. The van der Waals surface area contributed by atoms with Crippen LogP contribution in [0.25, 0.3) is 0 Å². The van der Waals surface area contributed by atoms with Gasteiger partial charge in [0.25, 0.3) is 0 Å². The van der Waals surface area contributed by atoms with Gasteiger partial charge in [0.2, 0.25) is 11.8 Å². The summed E-state index contributed by atoms with van der Waals surface area (Å²) >= 11 is 7.38. The van der Waals surface area contributed by atoms with Crippen molar-refractivity contribution in [3.8, 4) is 0 Å². The Morgan fingerprint density at radius 2 is 2.20 bits per heavy atom. The van der Waals surface area contributed by atoms with Gasteiger partial charge >= 0.3 is 0 Å². The lowest BCUT2D eigenvalue weighted by Crippen LogP contribution is -2.48. The first-order valence-corrected chi connectivity index (χ1v) is 8.00. The number of nitrogens with two attached hydrogens (primary N) is 1.